The predicted molar refractivity (Wildman–Crippen MR) is 118 cm³/mol. The summed E-state index contributed by atoms with van der Waals surface area (Å²) in [7, 11) is 3.16. The number of benzene rings is 2. The van der Waals surface area contributed by atoms with Crippen LogP contribution in [-0.4, -0.2) is 68.9 Å². The summed E-state index contributed by atoms with van der Waals surface area (Å²) in [5.41, 5.74) is 4.53. The molecule has 1 aliphatic rings. The molecule has 0 aliphatic carbocycles. The van der Waals surface area contributed by atoms with Crippen molar-refractivity contribution in [2.45, 2.75) is 6.54 Å². The third-order valence-corrected chi connectivity index (χ3v) is 5.36. The van der Waals surface area contributed by atoms with E-state index in [1.54, 1.807) is 32.6 Å². The smallest absolute Gasteiger partial charge is 0.254 e. The van der Waals surface area contributed by atoms with Crippen LogP contribution in [0.3, 0.4) is 0 Å². The van der Waals surface area contributed by atoms with Gasteiger partial charge in [0.2, 0.25) is 0 Å². The summed E-state index contributed by atoms with van der Waals surface area (Å²) in [5, 5.41) is 4.84. The average Bonchev–Trinajstić information content (AvgIpc) is 2.76. The number of ether oxygens (including phenoxy) is 2. The molecule has 1 heterocycles. The molecule has 0 saturated carbocycles. The molecule has 1 amide bonds. The minimum absolute atomic E-state index is 0.133. The molecular formula is C22H27ClN4O3. The number of rotatable bonds is 8. The first-order valence-electron chi connectivity index (χ1n) is 9.81. The average molecular weight is 431 g/mol. The van der Waals surface area contributed by atoms with E-state index in [9.17, 15) is 4.79 Å². The highest BCUT2D eigenvalue weighted by atomic mass is 35.5. The van der Waals surface area contributed by atoms with Crippen LogP contribution in [0.4, 0.5) is 0 Å². The fourth-order valence-corrected chi connectivity index (χ4v) is 3.52. The number of carbonyl (C=O) groups excluding carboxylic acids is 1. The molecule has 8 heteroatoms. The summed E-state index contributed by atoms with van der Waals surface area (Å²) >= 11 is 6.25. The van der Waals surface area contributed by atoms with Crippen LogP contribution >= 0.6 is 11.6 Å². The lowest BCUT2D eigenvalue weighted by atomic mass is 10.2. The Morgan fingerprint density at radius 3 is 2.47 bits per heavy atom. The molecule has 7 nitrogen and oxygen atoms in total. The van der Waals surface area contributed by atoms with E-state index in [1.807, 2.05) is 24.3 Å². The number of nitrogens with one attached hydrogen (secondary N) is 1. The van der Waals surface area contributed by atoms with E-state index in [4.69, 9.17) is 21.1 Å². The molecule has 1 aliphatic heterocycles. The summed E-state index contributed by atoms with van der Waals surface area (Å²) in [5.74, 6) is 1.13. The number of carbonyl (C=O) groups is 1. The first-order chi connectivity index (χ1) is 14.6. The molecule has 0 radical (unpaired) electrons. The van der Waals surface area contributed by atoms with E-state index in [1.165, 1.54) is 0 Å². The van der Waals surface area contributed by atoms with Gasteiger partial charge in [-0.1, -0.05) is 29.8 Å². The van der Waals surface area contributed by atoms with Gasteiger partial charge in [0.25, 0.3) is 5.91 Å². The molecule has 3 rings (SSSR count). The normalized spacial score (nSPS) is 15.3. The Bertz CT molecular complexity index is 882. The molecule has 0 aromatic heterocycles. The van der Waals surface area contributed by atoms with Crippen molar-refractivity contribution in [3.63, 3.8) is 0 Å². The molecule has 0 spiro atoms. The fourth-order valence-electron chi connectivity index (χ4n) is 3.32. The Labute approximate surface area is 182 Å². The maximum atomic E-state index is 12.2. The van der Waals surface area contributed by atoms with Crippen LogP contribution in [0.1, 0.15) is 11.1 Å². The maximum absolute atomic E-state index is 12.2. The Balaban J connectivity index is 1.42. The third kappa shape index (κ3) is 6.19. The second-order valence-corrected chi connectivity index (χ2v) is 7.46. The molecule has 0 bridgehead atoms. The van der Waals surface area contributed by atoms with Gasteiger partial charge in [0, 0.05) is 37.7 Å². The fraction of sp³-hybridized carbons (Fsp3) is 0.364. The lowest BCUT2D eigenvalue weighted by molar-refractivity contribution is -0.122. The zero-order valence-corrected chi connectivity index (χ0v) is 18.1. The zero-order valence-electron chi connectivity index (χ0n) is 17.3. The lowest BCUT2D eigenvalue weighted by Crippen LogP contribution is -2.48. The second-order valence-electron chi connectivity index (χ2n) is 7.05. The van der Waals surface area contributed by atoms with Crippen LogP contribution in [0, 0.1) is 0 Å². The van der Waals surface area contributed by atoms with Gasteiger partial charge in [0.05, 0.1) is 27.0 Å². The molecule has 30 heavy (non-hydrogen) atoms. The van der Waals surface area contributed by atoms with Crippen molar-refractivity contribution in [1.29, 1.82) is 0 Å². The molecule has 2 aromatic carbocycles. The van der Waals surface area contributed by atoms with Gasteiger partial charge in [-0.2, -0.15) is 5.10 Å². The number of hydrazone groups is 1. The number of halogens is 1. The van der Waals surface area contributed by atoms with Crippen molar-refractivity contribution in [3.05, 3.63) is 58.6 Å². The molecular weight excluding hydrogens is 404 g/mol. The van der Waals surface area contributed by atoms with Crippen LogP contribution in [-0.2, 0) is 11.3 Å². The van der Waals surface area contributed by atoms with Gasteiger partial charge >= 0.3 is 0 Å². The van der Waals surface area contributed by atoms with Gasteiger partial charge in [0.1, 0.15) is 0 Å². The van der Waals surface area contributed by atoms with Crippen LogP contribution in [0.15, 0.2) is 47.6 Å². The number of piperazine rings is 1. The zero-order chi connectivity index (χ0) is 21.3. The van der Waals surface area contributed by atoms with Crippen LogP contribution < -0.4 is 14.9 Å². The maximum Gasteiger partial charge on any atom is 0.254 e. The van der Waals surface area contributed by atoms with Crippen LogP contribution in [0.25, 0.3) is 0 Å². The van der Waals surface area contributed by atoms with E-state index < -0.39 is 0 Å². The Morgan fingerprint density at radius 2 is 1.77 bits per heavy atom. The van der Waals surface area contributed by atoms with Crippen molar-refractivity contribution >= 4 is 23.7 Å². The first kappa shape index (κ1) is 22.1. The van der Waals surface area contributed by atoms with Crippen molar-refractivity contribution in [1.82, 2.24) is 15.2 Å². The number of methoxy groups -OCH3 is 2. The van der Waals surface area contributed by atoms with Crippen molar-refractivity contribution in [2.75, 3.05) is 46.9 Å². The van der Waals surface area contributed by atoms with E-state index in [2.05, 4.69) is 26.4 Å². The molecule has 160 valence electrons. The minimum Gasteiger partial charge on any atom is -0.493 e. The number of hydrogen-bond acceptors (Lipinski definition) is 6. The molecule has 1 fully saturated rings. The second kappa shape index (κ2) is 11.0. The van der Waals surface area contributed by atoms with Crippen molar-refractivity contribution in [2.24, 2.45) is 5.10 Å². The molecule has 2 aromatic rings. The molecule has 0 unspecified atom stereocenters. The SMILES string of the molecule is COc1ccc(/C=N/NC(=O)CN2CCN(Cc3ccccc3Cl)CC2)cc1OC. The highest BCUT2D eigenvalue weighted by Gasteiger charge is 2.19. The van der Waals surface area contributed by atoms with Gasteiger partial charge in [-0.15, -0.1) is 0 Å². The van der Waals surface area contributed by atoms with Crippen LogP contribution in [0.2, 0.25) is 5.02 Å². The monoisotopic (exact) mass is 430 g/mol. The molecule has 1 saturated heterocycles. The van der Waals surface area contributed by atoms with Gasteiger partial charge in [-0.05, 0) is 35.4 Å². The molecule has 0 atom stereocenters. The van der Waals surface area contributed by atoms with Gasteiger partial charge in [-0.25, -0.2) is 5.43 Å². The summed E-state index contributed by atoms with van der Waals surface area (Å²) in [4.78, 5) is 16.7. The minimum atomic E-state index is -0.133. The van der Waals surface area contributed by atoms with E-state index >= 15 is 0 Å². The van der Waals surface area contributed by atoms with Crippen LogP contribution in [0.5, 0.6) is 11.5 Å². The standard InChI is InChI=1S/C22H27ClN4O3/c1-29-20-8-7-17(13-21(20)30-2)14-24-25-22(28)16-27-11-9-26(10-12-27)15-18-5-3-4-6-19(18)23/h3-8,13-14H,9-12,15-16H2,1-2H3,(H,25,28)/b24-14+. The van der Waals surface area contributed by atoms with Crippen molar-refractivity contribution in [3.8, 4) is 11.5 Å². The third-order valence-electron chi connectivity index (χ3n) is 4.99. The Hall–Kier alpha value is -2.61. The quantitative estimate of drug-likeness (QED) is 0.515. The van der Waals surface area contributed by atoms with Gasteiger partial charge in [0.15, 0.2) is 11.5 Å². The highest BCUT2D eigenvalue weighted by Crippen LogP contribution is 2.26. The van der Waals surface area contributed by atoms with Gasteiger partial charge in [-0.3, -0.25) is 14.6 Å². The Morgan fingerprint density at radius 1 is 1.07 bits per heavy atom. The summed E-state index contributed by atoms with van der Waals surface area (Å²) in [6.45, 7) is 4.61. The topological polar surface area (TPSA) is 66.4 Å². The van der Waals surface area contributed by atoms with E-state index in [0.29, 0.717) is 18.0 Å². The van der Waals surface area contributed by atoms with Crippen molar-refractivity contribution < 1.29 is 14.3 Å². The number of amides is 1. The highest BCUT2D eigenvalue weighted by molar-refractivity contribution is 6.31. The van der Waals surface area contributed by atoms with Gasteiger partial charge < -0.3 is 9.47 Å². The largest absolute Gasteiger partial charge is 0.493 e. The summed E-state index contributed by atoms with van der Waals surface area (Å²) in [6, 6.07) is 13.4. The Kier molecular flexibility index (Phi) is 8.07. The predicted octanol–water partition coefficient (Wildman–Crippen LogP) is 2.63. The molecule has 1 N–H and O–H groups in total. The van der Waals surface area contributed by atoms with E-state index in [-0.39, 0.29) is 5.91 Å². The number of hydrogen-bond donors (Lipinski definition) is 1. The summed E-state index contributed by atoms with van der Waals surface area (Å²) < 4.78 is 10.5. The number of nitrogens with zero attached hydrogens (tertiary/aromatic N) is 3. The first-order valence-corrected chi connectivity index (χ1v) is 10.2. The summed E-state index contributed by atoms with van der Waals surface area (Å²) in [6.07, 6.45) is 1.58. The van der Waals surface area contributed by atoms with E-state index in [0.717, 1.165) is 48.9 Å². The lowest BCUT2D eigenvalue weighted by Gasteiger charge is -2.34.